The summed E-state index contributed by atoms with van der Waals surface area (Å²) in [6.45, 7) is 0.167. The monoisotopic (exact) mass is 278 g/mol. The fourth-order valence-electron chi connectivity index (χ4n) is 1.42. The molecule has 0 amide bonds. The van der Waals surface area contributed by atoms with E-state index in [0.29, 0.717) is 5.76 Å². The van der Waals surface area contributed by atoms with Crippen molar-refractivity contribution >= 4 is 10.0 Å². The van der Waals surface area contributed by atoms with Gasteiger partial charge in [-0.2, -0.15) is 0 Å². The van der Waals surface area contributed by atoms with E-state index in [1.165, 1.54) is 19.2 Å². The third kappa shape index (κ3) is 4.07. The van der Waals surface area contributed by atoms with Gasteiger partial charge in [0, 0.05) is 19.8 Å². The van der Waals surface area contributed by atoms with Crippen LogP contribution in [0.25, 0.3) is 0 Å². The number of aliphatic hydroxyl groups excluding tert-OH is 1. The minimum Gasteiger partial charge on any atom is -0.447 e. The molecule has 0 saturated carbocycles. The third-order valence-electron chi connectivity index (χ3n) is 2.27. The topological polar surface area (TPSA) is 115 Å². The van der Waals surface area contributed by atoms with Crippen molar-refractivity contribution in [1.29, 1.82) is 0 Å². The third-order valence-corrected chi connectivity index (χ3v) is 3.66. The summed E-state index contributed by atoms with van der Waals surface area (Å²) in [6, 6.07) is 2.34. The van der Waals surface area contributed by atoms with Gasteiger partial charge in [-0.25, -0.2) is 13.1 Å². The van der Waals surface area contributed by atoms with Gasteiger partial charge in [0.25, 0.3) is 10.0 Å². The molecule has 0 radical (unpaired) electrons. The van der Waals surface area contributed by atoms with Crippen LogP contribution in [0.3, 0.4) is 0 Å². The molecule has 1 atom stereocenters. The Hall–Kier alpha value is -0.930. The normalized spacial score (nSPS) is 13.7. The molecule has 0 fully saturated rings. The Balaban J connectivity index is 2.78. The van der Waals surface area contributed by atoms with Gasteiger partial charge >= 0.3 is 0 Å². The molecule has 0 aromatic carbocycles. The zero-order valence-corrected chi connectivity index (χ0v) is 10.9. The van der Waals surface area contributed by atoms with Crippen LogP contribution in [0, 0.1) is 0 Å². The fourth-order valence-corrected chi connectivity index (χ4v) is 2.63. The average molecular weight is 278 g/mol. The van der Waals surface area contributed by atoms with Gasteiger partial charge in [0.2, 0.25) is 5.09 Å². The van der Waals surface area contributed by atoms with Crippen molar-refractivity contribution in [3.05, 3.63) is 17.9 Å². The van der Waals surface area contributed by atoms with Crippen LogP contribution in [0.15, 0.2) is 21.6 Å². The molecule has 8 heteroatoms. The molecule has 7 nitrogen and oxygen atoms in total. The molecule has 0 spiro atoms. The van der Waals surface area contributed by atoms with E-state index in [1.54, 1.807) is 0 Å². The van der Waals surface area contributed by atoms with Gasteiger partial charge in [0.05, 0.1) is 13.2 Å². The van der Waals surface area contributed by atoms with E-state index in [0.717, 1.165) is 0 Å². The smallest absolute Gasteiger partial charge is 0.274 e. The lowest BCUT2D eigenvalue weighted by Gasteiger charge is -2.15. The number of ether oxygens (including phenoxy) is 1. The van der Waals surface area contributed by atoms with Crippen LogP contribution >= 0.6 is 0 Å². The largest absolute Gasteiger partial charge is 0.447 e. The van der Waals surface area contributed by atoms with Crippen molar-refractivity contribution in [3.8, 4) is 0 Å². The highest BCUT2D eigenvalue weighted by molar-refractivity contribution is 7.89. The van der Waals surface area contributed by atoms with Crippen LogP contribution < -0.4 is 10.5 Å². The van der Waals surface area contributed by atoms with Crippen LogP contribution in [0.4, 0.5) is 0 Å². The molecule has 1 heterocycles. The summed E-state index contributed by atoms with van der Waals surface area (Å²) >= 11 is 0. The zero-order chi connectivity index (χ0) is 13.6. The van der Waals surface area contributed by atoms with Crippen molar-refractivity contribution in [2.75, 3.05) is 20.3 Å². The van der Waals surface area contributed by atoms with E-state index in [-0.39, 0.29) is 31.3 Å². The van der Waals surface area contributed by atoms with Gasteiger partial charge < -0.3 is 20.0 Å². The van der Waals surface area contributed by atoms with Gasteiger partial charge in [0.1, 0.15) is 5.76 Å². The lowest BCUT2D eigenvalue weighted by Crippen LogP contribution is -2.38. The van der Waals surface area contributed by atoms with Gasteiger partial charge in [-0.15, -0.1) is 0 Å². The van der Waals surface area contributed by atoms with Crippen LogP contribution in [-0.2, 0) is 21.3 Å². The minimum atomic E-state index is -3.76. The molecule has 104 valence electrons. The number of hydrogen-bond acceptors (Lipinski definition) is 6. The SMILES string of the molecule is COCC(CCO)NS(=O)(=O)c1ccc(CN)o1. The lowest BCUT2D eigenvalue weighted by molar-refractivity contribution is 0.157. The van der Waals surface area contributed by atoms with Crippen LogP contribution in [0.5, 0.6) is 0 Å². The van der Waals surface area contributed by atoms with Crippen molar-refractivity contribution in [1.82, 2.24) is 4.72 Å². The van der Waals surface area contributed by atoms with Crippen molar-refractivity contribution in [2.24, 2.45) is 5.73 Å². The number of nitrogens with two attached hydrogens (primary N) is 1. The number of methoxy groups -OCH3 is 1. The van der Waals surface area contributed by atoms with E-state index in [4.69, 9.17) is 20.0 Å². The Labute approximate surface area is 106 Å². The number of sulfonamides is 1. The molecule has 1 rings (SSSR count). The van der Waals surface area contributed by atoms with Gasteiger partial charge in [-0.1, -0.05) is 0 Å². The van der Waals surface area contributed by atoms with Crippen molar-refractivity contribution in [3.63, 3.8) is 0 Å². The second-order valence-electron chi connectivity index (χ2n) is 3.71. The second-order valence-corrected chi connectivity index (χ2v) is 5.36. The molecule has 1 aromatic heterocycles. The molecule has 1 aromatic rings. The Morgan fingerprint density at radius 3 is 2.78 bits per heavy atom. The van der Waals surface area contributed by atoms with Crippen LogP contribution in [-0.4, -0.2) is 39.9 Å². The van der Waals surface area contributed by atoms with E-state index in [2.05, 4.69) is 4.72 Å². The molecule has 4 N–H and O–H groups in total. The molecule has 0 saturated heterocycles. The second kappa shape index (κ2) is 6.86. The van der Waals surface area contributed by atoms with E-state index >= 15 is 0 Å². The standard InChI is InChI=1S/C10H18N2O5S/c1-16-7-8(4-5-13)12-18(14,15)10-3-2-9(6-11)17-10/h2-3,8,12-13H,4-7,11H2,1H3. The summed E-state index contributed by atoms with van der Waals surface area (Å²) in [5.74, 6) is 0.390. The molecule has 0 bridgehead atoms. The first-order valence-electron chi connectivity index (χ1n) is 5.44. The first kappa shape index (κ1) is 15.1. The first-order valence-corrected chi connectivity index (χ1v) is 6.92. The summed E-state index contributed by atoms with van der Waals surface area (Å²) in [5.41, 5.74) is 5.34. The maximum absolute atomic E-state index is 11.9. The van der Waals surface area contributed by atoms with E-state index in [1.807, 2.05) is 0 Å². The highest BCUT2D eigenvalue weighted by Gasteiger charge is 2.22. The summed E-state index contributed by atoms with van der Waals surface area (Å²) in [6.07, 6.45) is 0.261. The number of rotatable bonds is 8. The highest BCUT2D eigenvalue weighted by atomic mass is 32.2. The Morgan fingerprint density at radius 2 is 2.28 bits per heavy atom. The summed E-state index contributed by atoms with van der Waals surface area (Å²) < 4.78 is 36.2. The van der Waals surface area contributed by atoms with Gasteiger partial charge in [-0.05, 0) is 18.6 Å². The fraction of sp³-hybridized carbons (Fsp3) is 0.600. The molecular formula is C10H18N2O5S. The van der Waals surface area contributed by atoms with Crippen molar-refractivity contribution < 1.29 is 22.7 Å². The van der Waals surface area contributed by atoms with Crippen LogP contribution in [0.1, 0.15) is 12.2 Å². The first-order chi connectivity index (χ1) is 8.53. The van der Waals surface area contributed by atoms with E-state index in [9.17, 15) is 8.42 Å². The zero-order valence-electron chi connectivity index (χ0n) is 10.1. The lowest BCUT2D eigenvalue weighted by atomic mass is 10.2. The Morgan fingerprint density at radius 1 is 1.56 bits per heavy atom. The van der Waals surface area contributed by atoms with Gasteiger partial charge in [-0.3, -0.25) is 0 Å². The van der Waals surface area contributed by atoms with Gasteiger partial charge in [0.15, 0.2) is 0 Å². The van der Waals surface area contributed by atoms with E-state index < -0.39 is 16.1 Å². The Kier molecular flexibility index (Phi) is 5.76. The maximum atomic E-state index is 11.9. The quantitative estimate of drug-likeness (QED) is 0.585. The summed E-state index contributed by atoms with van der Waals surface area (Å²) in [7, 11) is -2.30. The molecule has 1 unspecified atom stereocenters. The van der Waals surface area contributed by atoms with Crippen LogP contribution in [0.2, 0.25) is 0 Å². The number of furan rings is 1. The maximum Gasteiger partial charge on any atom is 0.274 e. The predicted octanol–water partition coefficient (Wildman–Crippen LogP) is -0.586. The summed E-state index contributed by atoms with van der Waals surface area (Å²) in [4.78, 5) is 0. The van der Waals surface area contributed by atoms with Crippen molar-refractivity contribution in [2.45, 2.75) is 24.1 Å². The molecular weight excluding hydrogens is 260 g/mol. The minimum absolute atomic E-state index is 0.133. The summed E-state index contributed by atoms with van der Waals surface area (Å²) in [5, 5.41) is 8.65. The molecule has 0 aliphatic rings. The number of aliphatic hydroxyl groups is 1. The average Bonchev–Trinajstić information content (AvgIpc) is 2.78. The molecule has 18 heavy (non-hydrogen) atoms. The number of hydrogen-bond donors (Lipinski definition) is 3. The predicted molar refractivity (Wildman–Crippen MR) is 64.3 cm³/mol. The Bertz CT molecular complexity index is 451. The highest BCUT2D eigenvalue weighted by Crippen LogP contribution is 2.14. The number of nitrogens with one attached hydrogen (secondary N) is 1. The molecule has 0 aliphatic carbocycles. The molecule has 0 aliphatic heterocycles.